The van der Waals surface area contributed by atoms with E-state index in [0.717, 1.165) is 27.3 Å². The highest BCUT2D eigenvalue weighted by molar-refractivity contribution is 7.92. The third-order valence-electron chi connectivity index (χ3n) is 5.19. The molecule has 1 atom stereocenters. The molecule has 1 aliphatic rings. The average molecular weight is 447 g/mol. The van der Waals surface area contributed by atoms with Crippen molar-refractivity contribution in [3.8, 4) is 11.5 Å². The molecule has 0 saturated carbocycles. The van der Waals surface area contributed by atoms with Crippen LogP contribution in [0.25, 0.3) is 0 Å². The van der Waals surface area contributed by atoms with Gasteiger partial charge in [-0.1, -0.05) is 6.07 Å². The number of hydrogen-bond acceptors (Lipinski definition) is 5. The Bertz CT molecular complexity index is 1070. The van der Waals surface area contributed by atoms with Crippen molar-refractivity contribution in [3.63, 3.8) is 0 Å². The summed E-state index contributed by atoms with van der Waals surface area (Å²) in [6, 6.07) is 10.6. The number of carbonyl (C=O) groups excluding carboxylic acids is 1. The highest BCUT2D eigenvalue weighted by Gasteiger charge is 2.35. The van der Waals surface area contributed by atoms with E-state index in [1.54, 1.807) is 19.2 Å². The predicted octanol–water partition coefficient (Wildman–Crippen LogP) is 3.50. The summed E-state index contributed by atoms with van der Waals surface area (Å²) < 4.78 is 37.5. The van der Waals surface area contributed by atoms with E-state index in [0.29, 0.717) is 23.6 Å². The first-order chi connectivity index (χ1) is 14.4. The number of rotatable bonds is 6. The SMILES string of the molecule is COc1ccc2c(c1)[C@@H](NC(=O)CN(c1cc(C)cc(C)c1)S(C)(=O)=O)CC(C)(C)O2. The van der Waals surface area contributed by atoms with Crippen LogP contribution >= 0.6 is 0 Å². The number of nitrogens with one attached hydrogen (secondary N) is 1. The summed E-state index contributed by atoms with van der Waals surface area (Å²) in [6.07, 6.45) is 1.65. The van der Waals surface area contributed by atoms with Gasteiger partial charge in [-0.3, -0.25) is 9.10 Å². The molecule has 8 heteroatoms. The van der Waals surface area contributed by atoms with Gasteiger partial charge >= 0.3 is 0 Å². The number of methoxy groups -OCH3 is 1. The number of carbonyl (C=O) groups is 1. The summed E-state index contributed by atoms with van der Waals surface area (Å²) in [4.78, 5) is 13.0. The topological polar surface area (TPSA) is 84.9 Å². The fourth-order valence-corrected chi connectivity index (χ4v) is 4.79. The maximum absolute atomic E-state index is 13.0. The van der Waals surface area contributed by atoms with Gasteiger partial charge in [0.05, 0.1) is 25.1 Å². The third-order valence-corrected chi connectivity index (χ3v) is 6.33. The van der Waals surface area contributed by atoms with Crippen molar-refractivity contribution in [2.24, 2.45) is 0 Å². The third kappa shape index (κ3) is 5.50. The predicted molar refractivity (Wildman–Crippen MR) is 121 cm³/mol. The first-order valence-electron chi connectivity index (χ1n) is 10.1. The van der Waals surface area contributed by atoms with E-state index >= 15 is 0 Å². The molecular weight excluding hydrogens is 416 g/mol. The van der Waals surface area contributed by atoms with E-state index < -0.39 is 15.6 Å². The van der Waals surface area contributed by atoms with Gasteiger partial charge < -0.3 is 14.8 Å². The van der Waals surface area contributed by atoms with E-state index in [1.807, 2.05) is 52.0 Å². The highest BCUT2D eigenvalue weighted by atomic mass is 32.2. The Morgan fingerprint density at radius 1 is 1.19 bits per heavy atom. The van der Waals surface area contributed by atoms with E-state index in [4.69, 9.17) is 9.47 Å². The van der Waals surface area contributed by atoms with Crippen molar-refractivity contribution in [1.82, 2.24) is 5.32 Å². The van der Waals surface area contributed by atoms with Gasteiger partial charge in [0.25, 0.3) is 0 Å². The monoisotopic (exact) mass is 446 g/mol. The van der Waals surface area contributed by atoms with E-state index in [1.165, 1.54) is 0 Å². The number of sulfonamides is 1. The summed E-state index contributed by atoms with van der Waals surface area (Å²) in [7, 11) is -2.07. The van der Waals surface area contributed by atoms with Crippen LogP contribution in [0.2, 0.25) is 0 Å². The number of amides is 1. The number of fused-ring (bicyclic) bond motifs is 1. The lowest BCUT2D eigenvalue weighted by Gasteiger charge is -2.38. The van der Waals surface area contributed by atoms with Gasteiger partial charge in [0.1, 0.15) is 23.6 Å². The van der Waals surface area contributed by atoms with Crippen LogP contribution < -0.4 is 19.1 Å². The molecule has 1 heterocycles. The Hall–Kier alpha value is -2.74. The summed E-state index contributed by atoms with van der Waals surface area (Å²) >= 11 is 0. The average Bonchev–Trinajstić information content (AvgIpc) is 2.63. The molecule has 0 radical (unpaired) electrons. The number of aryl methyl sites for hydroxylation is 2. The lowest BCUT2D eigenvalue weighted by Crippen LogP contribution is -2.45. The molecule has 1 aliphatic heterocycles. The van der Waals surface area contributed by atoms with Gasteiger partial charge in [0.15, 0.2) is 0 Å². The fourth-order valence-electron chi connectivity index (χ4n) is 3.95. The summed E-state index contributed by atoms with van der Waals surface area (Å²) in [5.41, 5.74) is 2.66. The minimum Gasteiger partial charge on any atom is -0.497 e. The largest absolute Gasteiger partial charge is 0.497 e. The Balaban J connectivity index is 1.87. The van der Waals surface area contributed by atoms with Gasteiger partial charge in [-0.25, -0.2) is 8.42 Å². The van der Waals surface area contributed by atoms with Crippen LogP contribution in [0.15, 0.2) is 36.4 Å². The van der Waals surface area contributed by atoms with Crippen molar-refractivity contribution in [2.45, 2.75) is 45.8 Å². The van der Waals surface area contributed by atoms with Crippen LogP contribution in [0.5, 0.6) is 11.5 Å². The minimum atomic E-state index is -3.65. The number of anilines is 1. The normalized spacial score (nSPS) is 17.3. The Kier molecular flexibility index (Phi) is 6.23. The van der Waals surface area contributed by atoms with Gasteiger partial charge in [-0.05, 0) is 69.2 Å². The number of nitrogens with zero attached hydrogens (tertiary/aromatic N) is 1. The molecule has 7 nitrogen and oxygen atoms in total. The van der Waals surface area contributed by atoms with E-state index in [2.05, 4.69) is 5.32 Å². The quantitative estimate of drug-likeness (QED) is 0.734. The molecule has 0 aromatic heterocycles. The molecule has 168 valence electrons. The van der Waals surface area contributed by atoms with Gasteiger partial charge in [-0.2, -0.15) is 0 Å². The molecule has 0 bridgehead atoms. The van der Waals surface area contributed by atoms with Crippen LogP contribution in [0.3, 0.4) is 0 Å². The zero-order valence-electron chi connectivity index (χ0n) is 18.9. The lowest BCUT2D eigenvalue weighted by atomic mass is 9.89. The first kappa shape index (κ1) is 22.9. The Morgan fingerprint density at radius 3 is 2.42 bits per heavy atom. The van der Waals surface area contributed by atoms with Crippen LogP contribution in [-0.2, 0) is 14.8 Å². The number of benzene rings is 2. The molecule has 0 aliphatic carbocycles. The summed E-state index contributed by atoms with van der Waals surface area (Å²) in [5.74, 6) is 0.951. The number of ether oxygens (including phenoxy) is 2. The smallest absolute Gasteiger partial charge is 0.241 e. The van der Waals surface area contributed by atoms with Crippen LogP contribution in [0.1, 0.15) is 43.0 Å². The molecule has 0 fully saturated rings. The molecule has 0 unspecified atom stereocenters. The second kappa shape index (κ2) is 8.42. The first-order valence-corrected chi connectivity index (χ1v) is 11.9. The standard InChI is InChI=1S/C23H30N2O5S/c1-15-9-16(2)11-17(10-15)25(31(6,27)28)14-22(26)24-20-13-23(3,4)30-21-8-7-18(29-5)12-19(20)21/h7-12,20H,13-14H2,1-6H3,(H,24,26)/t20-/m0/s1. The molecule has 0 saturated heterocycles. The van der Waals surface area contributed by atoms with Crippen molar-refractivity contribution < 1.29 is 22.7 Å². The Labute approximate surface area is 184 Å². The van der Waals surface area contributed by atoms with E-state index in [-0.39, 0.29) is 18.5 Å². The Morgan fingerprint density at radius 2 is 1.84 bits per heavy atom. The zero-order chi connectivity index (χ0) is 23.0. The second-order valence-electron chi connectivity index (χ2n) is 8.71. The summed E-state index contributed by atoms with van der Waals surface area (Å²) in [5, 5.41) is 3.00. The molecule has 2 aromatic rings. The summed E-state index contributed by atoms with van der Waals surface area (Å²) in [6.45, 7) is 7.39. The highest BCUT2D eigenvalue weighted by Crippen LogP contribution is 2.41. The zero-order valence-corrected chi connectivity index (χ0v) is 19.7. The van der Waals surface area contributed by atoms with Gasteiger partial charge in [-0.15, -0.1) is 0 Å². The molecule has 2 aromatic carbocycles. The minimum absolute atomic E-state index is 0.307. The molecule has 3 rings (SSSR count). The van der Waals surface area contributed by atoms with Crippen LogP contribution in [0.4, 0.5) is 5.69 Å². The second-order valence-corrected chi connectivity index (χ2v) is 10.6. The van der Waals surface area contributed by atoms with Gasteiger partial charge in [0.2, 0.25) is 15.9 Å². The maximum atomic E-state index is 13.0. The lowest BCUT2D eigenvalue weighted by molar-refractivity contribution is -0.120. The number of hydrogen-bond donors (Lipinski definition) is 1. The van der Waals surface area contributed by atoms with Crippen molar-refractivity contribution >= 4 is 21.6 Å². The molecule has 0 spiro atoms. The van der Waals surface area contributed by atoms with Crippen LogP contribution in [0, 0.1) is 13.8 Å². The fraction of sp³-hybridized carbons (Fsp3) is 0.435. The van der Waals surface area contributed by atoms with Crippen LogP contribution in [-0.4, -0.2) is 39.8 Å². The van der Waals surface area contributed by atoms with Crippen molar-refractivity contribution in [3.05, 3.63) is 53.1 Å². The van der Waals surface area contributed by atoms with Crippen molar-refractivity contribution in [1.29, 1.82) is 0 Å². The molecule has 31 heavy (non-hydrogen) atoms. The maximum Gasteiger partial charge on any atom is 0.241 e. The van der Waals surface area contributed by atoms with Crippen molar-refractivity contribution in [2.75, 3.05) is 24.2 Å². The molecule has 1 amide bonds. The molecule has 1 N–H and O–H groups in total. The van der Waals surface area contributed by atoms with E-state index in [9.17, 15) is 13.2 Å². The molecular formula is C23H30N2O5S. The van der Waals surface area contributed by atoms with Gasteiger partial charge in [0, 0.05) is 12.0 Å².